The number of rotatable bonds is 4. The quantitative estimate of drug-likeness (QED) is 0.888. The van der Waals surface area contributed by atoms with Crippen molar-refractivity contribution in [1.82, 2.24) is 4.57 Å². The first-order valence-electron chi connectivity index (χ1n) is 5.94. The smallest absolute Gasteiger partial charge is 0.244 e. The van der Waals surface area contributed by atoms with Gasteiger partial charge in [0.25, 0.3) is 0 Å². The van der Waals surface area contributed by atoms with Crippen LogP contribution in [0.3, 0.4) is 0 Å². The Bertz CT molecular complexity index is 561. The number of anilines is 1. The van der Waals surface area contributed by atoms with Crippen LogP contribution in [-0.4, -0.2) is 15.6 Å². The van der Waals surface area contributed by atoms with Gasteiger partial charge in [-0.3, -0.25) is 4.79 Å². The van der Waals surface area contributed by atoms with Crippen molar-refractivity contribution < 1.29 is 14.3 Å². The van der Waals surface area contributed by atoms with E-state index in [0.717, 1.165) is 5.56 Å². The summed E-state index contributed by atoms with van der Waals surface area (Å²) in [5.41, 5.74) is 1.31. The van der Waals surface area contributed by atoms with E-state index in [1.54, 1.807) is 30.0 Å². The summed E-state index contributed by atoms with van der Waals surface area (Å²) < 4.78 is 14.4. The maximum atomic E-state index is 12.7. The molecular formula is C14H15FN2O2. The minimum absolute atomic E-state index is 0.143. The average Bonchev–Trinajstić information content (AvgIpc) is 2.80. The van der Waals surface area contributed by atoms with Gasteiger partial charge < -0.3 is 15.0 Å². The van der Waals surface area contributed by atoms with Crippen LogP contribution >= 0.6 is 0 Å². The molecule has 0 aliphatic carbocycles. The summed E-state index contributed by atoms with van der Waals surface area (Å²) in [6.45, 7) is 1.81. The van der Waals surface area contributed by atoms with Gasteiger partial charge in [0.15, 0.2) is 0 Å². The molecule has 2 N–H and O–H groups in total. The van der Waals surface area contributed by atoms with E-state index in [2.05, 4.69) is 5.32 Å². The molecule has 100 valence electrons. The number of hydrogen-bond acceptors (Lipinski definition) is 2. The lowest BCUT2D eigenvalue weighted by Crippen LogP contribution is -2.17. The number of carbonyl (C=O) groups excluding carboxylic acids is 1. The summed E-state index contributed by atoms with van der Waals surface area (Å²) in [5, 5.41) is 12.1. The van der Waals surface area contributed by atoms with Crippen LogP contribution in [0.2, 0.25) is 0 Å². The lowest BCUT2D eigenvalue weighted by atomic mass is 10.2. The molecular weight excluding hydrogens is 247 g/mol. The second-order valence-corrected chi connectivity index (χ2v) is 4.35. The second-order valence-electron chi connectivity index (χ2n) is 4.35. The SMILES string of the molecule is CC(O)c1ccn(CC(=O)Nc2ccc(F)cc2)c1. The number of benzene rings is 1. The standard InChI is InChI=1S/C14H15FN2O2/c1-10(18)11-6-7-17(8-11)9-14(19)16-13-4-2-12(15)3-5-13/h2-8,10,18H,9H2,1H3,(H,16,19). The maximum absolute atomic E-state index is 12.7. The molecule has 19 heavy (non-hydrogen) atoms. The fourth-order valence-electron chi connectivity index (χ4n) is 1.70. The van der Waals surface area contributed by atoms with Gasteiger partial charge in [-0.25, -0.2) is 4.39 Å². The molecule has 1 heterocycles. The van der Waals surface area contributed by atoms with Gasteiger partial charge in [-0.1, -0.05) is 0 Å². The van der Waals surface area contributed by atoms with E-state index in [0.29, 0.717) is 5.69 Å². The molecule has 1 unspecified atom stereocenters. The number of aliphatic hydroxyl groups excluding tert-OH is 1. The number of amides is 1. The third kappa shape index (κ3) is 3.66. The topological polar surface area (TPSA) is 54.3 Å². The monoisotopic (exact) mass is 262 g/mol. The van der Waals surface area contributed by atoms with Crippen molar-refractivity contribution in [2.45, 2.75) is 19.6 Å². The molecule has 1 atom stereocenters. The number of halogens is 1. The van der Waals surface area contributed by atoms with Crippen LogP contribution in [0.5, 0.6) is 0 Å². The van der Waals surface area contributed by atoms with Crippen LogP contribution in [0.4, 0.5) is 10.1 Å². The minimum atomic E-state index is -0.554. The van der Waals surface area contributed by atoms with Crippen LogP contribution in [0, 0.1) is 5.82 Å². The number of nitrogens with zero attached hydrogens (tertiary/aromatic N) is 1. The molecule has 0 bridgehead atoms. The Hall–Kier alpha value is -2.14. The Morgan fingerprint density at radius 1 is 1.37 bits per heavy atom. The summed E-state index contributed by atoms with van der Waals surface area (Å²) >= 11 is 0. The second kappa shape index (κ2) is 5.67. The van der Waals surface area contributed by atoms with Crippen molar-refractivity contribution in [2.75, 3.05) is 5.32 Å². The fourth-order valence-corrected chi connectivity index (χ4v) is 1.70. The van der Waals surface area contributed by atoms with Gasteiger partial charge in [-0.2, -0.15) is 0 Å². The van der Waals surface area contributed by atoms with Gasteiger partial charge in [0.1, 0.15) is 12.4 Å². The zero-order chi connectivity index (χ0) is 13.8. The summed E-state index contributed by atoms with van der Waals surface area (Å²) in [7, 11) is 0. The normalized spacial score (nSPS) is 12.2. The van der Waals surface area contributed by atoms with Gasteiger partial charge >= 0.3 is 0 Å². The van der Waals surface area contributed by atoms with Crippen molar-refractivity contribution >= 4 is 11.6 Å². The predicted octanol–water partition coefficient (Wildman–Crippen LogP) is 2.32. The Kier molecular flexibility index (Phi) is 3.97. The molecule has 1 amide bonds. The van der Waals surface area contributed by atoms with Crippen LogP contribution < -0.4 is 5.32 Å². The van der Waals surface area contributed by atoms with Crippen molar-refractivity contribution in [3.63, 3.8) is 0 Å². The molecule has 1 aromatic carbocycles. The molecule has 0 aliphatic rings. The molecule has 0 radical (unpaired) electrons. The highest BCUT2D eigenvalue weighted by Crippen LogP contribution is 2.12. The van der Waals surface area contributed by atoms with E-state index in [4.69, 9.17) is 0 Å². The number of carbonyl (C=O) groups is 1. The van der Waals surface area contributed by atoms with E-state index >= 15 is 0 Å². The highest BCUT2D eigenvalue weighted by atomic mass is 19.1. The van der Waals surface area contributed by atoms with Crippen LogP contribution in [0.25, 0.3) is 0 Å². The first-order valence-corrected chi connectivity index (χ1v) is 5.94. The van der Waals surface area contributed by atoms with Gasteiger partial charge in [0.05, 0.1) is 6.10 Å². The largest absolute Gasteiger partial charge is 0.389 e. The molecule has 5 heteroatoms. The average molecular weight is 262 g/mol. The van der Waals surface area contributed by atoms with E-state index in [1.165, 1.54) is 24.3 Å². The van der Waals surface area contributed by atoms with E-state index in [9.17, 15) is 14.3 Å². The zero-order valence-corrected chi connectivity index (χ0v) is 10.5. The highest BCUT2D eigenvalue weighted by molar-refractivity contribution is 5.90. The Labute approximate surface area is 110 Å². The number of hydrogen-bond donors (Lipinski definition) is 2. The van der Waals surface area contributed by atoms with Gasteiger partial charge in [-0.15, -0.1) is 0 Å². The number of aromatic nitrogens is 1. The van der Waals surface area contributed by atoms with E-state index in [1.807, 2.05) is 0 Å². The molecule has 2 aromatic rings. The van der Waals surface area contributed by atoms with Crippen LogP contribution in [0.1, 0.15) is 18.6 Å². The molecule has 0 saturated heterocycles. The lowest BCUT2D eigenvalue weighted by molar-refractivity contribution is -0.116. The molecule has 0 saturated carbocycles. The third-order valence-electron chi connectivity index (χ3n) is 2.71. The Morgan fingerprint density at radius 2 is 2.05 bits per heavy atom. The minimum Gasteiger partial charge on any atom is -0.389 e. The van der Waals surface area contributed by atoms with Crippen molar-refractivity contribution in [3.8, 4) is 0 Å². The summed E-state index contributed by atoms with van der Waals surface area (Å²) in [6, 6.07) is 7.34. The third-order valence-corrected chi connectivity index (χ3v) is 2.71. The van der Waals surface area contributed by atoms with Gasteiger partial charge in [0, 0.05) is 18.1 Å². The summed E-state index contributed by atoms with van der Waals surface area (Å²) in [4.78, 5) is 11.8. The summed E-state index contributed by atoms with van der Waals surface area (Å²) in [6.07, 6.45) is 2.89. The van der Waals surface area contributed by atoms with E-state index in [-0.39, 0.29) is 18.3 Å². The van der Waals surface area contributed by atoms with E-state index < -0.39 is 6.10 Å². The van der Waals surface area contributed by atoms with Crippen molar-refractivity contribution in [1.29, 1.82) is 0 Å². The van der Waals surface area contributed by atoms with Crippen molar-refractivity contribution in [2.24, 2.45) is 0 Å². The Balaban J connectivity index is 1.95. The van der Waals surface area contributed by atoms with Crippen molar-refractivity contribution in [3.05, 3.63) is 54.1 Å². The molecule has 2 rings (SSSR count). The predicted molar refractivity (Wildman–Crippen MR) is 70.1 cm³/mol. The summed E-state index contributed by atoms with van der Waals surface area (Å²) in [5.74, 6) is -0.552. The highest BCUT2D eigenvalue weighted by Gasteiger charge is 2.06. The van der Waals surface area contributed by atoms with Crippen LogP contribution in [-0.2, 0) is 11.3 Å². The molecule has 0 fully saturated rings. The van der Waals surface area contributed by atoms with Gasteiger partial charge in [0.2, 0.25) is 5.91 Å². The Morgan fingerprint density at radius 3 is 2.63 bits per heavy atom. The molecule has 0 spiro atoms. The zero-order valence-electron chi connectivity index (χ0n) is 10.5. The fraction of sp³-hybridized carbons (Fsp3) is 0.214. The number of aliphatic hydroxyl groups is 1. The first-order chi connectivity index (χ1) is 9.04. The molecule has 0 aliphatic heterocycles. The van der Waals surface area contributed by atoms with Crippen LogP contribution in [0.15, 0.2) is 42.7 Å². The first kappa shape index (κ1) is 13.3. The lowest BCUT2D eigenvalue weighted by Gasteiger charge is -2.06. The molecule has 4 nitrogen and oxygen atoms in total. The number of nitrogens with one attached hydrogen (secondary N) is 1. The van der Waals surface area contributed by atoms with Gasteiger partial charge in [-0.05, 0) is 42.8 Å². The maximum Gasteiger partial charge on any atom is 0.244 e. The molecule has 1 aromatic heterocycles.